The first kappa shape index (κ1) is 13.5. The van der Waals surface area contributed by atoms with Gasteiger partial charge >= 0.3 is 0 Å². The summed E-state index contributed by atoms with van der Waals surface area (Å²) < 4.78 is 5.19. The maximum Gasteiger partial charge on any atom is 0.265 e. The van der Waals surface area contributed by atoms with Crippen molar-refractivity contribution in [1.82, 2.24) is 5.32 Å². The molecule has 5 heteroatoms. The van der Waals surface area contributed by atoms with Gasteiger partial charge in [0.1, 0.15) is 10.6 Å². The van der Waals surface area contributed by atoms with Crippen molar-refractivity contribution in [1.29, 1.82) is 0 Å². The number of nitrogens with one attached hydrogen (secondary N) is 1. The number of hydrogen-bond donors (Lipinski definition) is 1. The van der Waals surface area contributed by atoms with Crippen LogP contribution in [-0.4, -0.2) is 13.0 Å². The molecule has 0 saturated heterocycles. The van der Waals surface area contributed by atoms with Gasteiger partial charge in [-0.15, -0.1) is 11.3 Å². The molecule has 0 aliphatic heterocycles. The topological polar surface area (TPSA) is 38.3 Å². The van der Waals surface area contributed by atoms with Crippen LogP contribution in [0.1, 0.15) is 28.1 Å². The third-order valence-electron chi connectivity index (χ3n) is 3.54. The van der Waals surface area contributed by atoms with Crippen molar-refractivity contribution in [3.8, 4) is 5.75 Å². The Morgan fingerprint density at radius 3 is 2.85 bits per heavy atom. The van der Waals surface area contributed by atoms with E-state index in [-0.39, 0.29) is 11.4 Å². The van der Waals surface area contributed by atoms with Crippen LogP contribution in [0, 0.1) is 0 Å². The molecule has 0 unspecified atom stereocenters. The fraction of sp³-hybridized carbons (Fsp3) is 0.267. The molecule has 0 bridgehead atoms. The molecule has 3 nitrogen and oxygen atoms in total. The Morgan fingerprint density at radius 1 is 1.40 bits per heavy atom. The summed E-state index contributed by atoms with van der Waals surface area (Å²) in [7, 11) is 1.57. The molecule has 1 aliphatic carbocycles. The van der Waals surface area contributed by atoms with Gasteiger partial charge in [0.05, 0.1) is 12.6 Å². The van der Waals surface area contributed by atoms with Crippen LogP contribution in [0.4, 0.5) is 0 Å². The number of thiophene rings is 1. The van der Waals surface area contributed by atoms with E-state index in [0.717, 1.165) is 18.4 Å². The molecule has 1 fully saturated rings. The SMILES string of the molecule is COc1ccsc1C(=O)NC1(c2cccc(Cl)c2)CC1. The predicted molar refractivity (Wildman–Crippen MR) is 80.7 cm³/mol. The molecule has 1 heterocycles. The van der Waals surface area contributed by atoms with Gasteiger partial charge in [-0.1, -0.05) is 23.7 Å². The standard InChI is InChI=1S/C15H14ClNO2S/c1-19-12-5-8-20-13(12)14(18)17-15(6-7-15)10-3-2-4-11(16)9-10/h2-5,8-9H,6-7H2,1H3,(H,17,18). The molecule has 0 radical (unpaired) electrons. The molecule has 1 saturated carbocycles. The number of methoxy groups -OCH3 is 1. The van der Waals surface area contributed by atoms with Gasteiger partial charge in [-0.05, 0) is 42.0 Å². The predicted octanol–water partition coefficient (Wildman–Crippen LogP) is 3.83. The smallest absolute Gasteiger partial charge is 0.265 e. The number of benzene rings is 1. The number of hydrogen-bond acceptors (Lipinski definition) is 3. The highest BCUT2D eigenvalue weighted by atomic mass is 35.5. The van der Waals surface area contributed by atoms with E-state index in [4.69, 9.17) is 16.3 Å². The lowest BCUT2D eigenvalue weighted by molar-refractivity contribution is 0.0932. The van der Waals surface area contributed by atoms with E-state index < -0.39 is 0 Å². The van der Waals surface area contributed by atoms with Gasteiger partial charge in [0.25, 0.3) is 5.91 Å². The van der Waals surface area contributed by atoms with Crippen molar-refractivity contribution < 1.29 is 9.53 Å². The average molecular weight is 308 g/mol. The Balaban J connectivity index is 1.82. The number of ether oxygens (including phenoxy) is 1. The molecule has 0 atom stereocenters. The largest absolute Gasteiger partial charge is 0.495 e. The minimum atomic E-state index is -0.267. The lowest BCUT2D eigenvalue weighted by atomic mass is 10.0. The van der Waals surface area contributed by atoms with Gasteiger partial charge in [0.15, 0.2) is 0 Å². The van der Waals surface area contributed by atoms with E-state index in [0.29, 0.717) is 15.6 Å². The summed E-state index contributed by atoms with van der Waals surface area (Å²) in [5.74, 6) is 0.531. The highest BCUT2D eigenvalue weighted by molar-refractivity contribution is 7.12. The van der Waals surface area contributed by atoms with Crippen LogP contribution in [-0.2, 0) is 5.54 Å². The summed E-state index contributed by atoms with van der Waals surface area (Å²) in [4.78, 5) is 13.0. The molecule has 1 aliphatic rings. The zero-order chi connectivity index (χ0) is 14.2. The highest BCUT2D eigenvalue weighted by Gasteiger charge is 2.46. The number of carbonyl (C=O) groups is 1. The van der Waals surface area contributed by atoms with Crippen LogP contribution >= 0.6 is 22.9 Å². The summed E-state index contributed by atoms with van der Waals surface area (Å²) in [6.45, 7) is 0. The first-order valence-electron chi connectivity index (χ1n) is 6.35. The fourth-order valence-electron chi connectivity index (χ4n) is 2.29. The molecule has 1 aromatic carbocycles. The van der Waals surface area contributed by atoms with Gasteiger partial charge in [0.2, 0.25) is 0 Å². The first-order chi connectivity index (χ1) is 9.64. The second-order valence-electron chi connectivity index (χ2n) is 4.86. The Hall–Kier alpha value is -1.52. The summed E-state index contributed by atoms with van der Waals surface area (Å²) in [5, 5.41) is 5.67. The van der Waals surface area contributed by atoms with E-state index in [2.05, 4.69) is 5.32 Å². The third kappa shape index (κ3) is 2.41. The zero-order valence-electron chi connectivity index (χ0n) is 11.0. The van der Waals surface area contributed by atoms with E-state index >= 15 is 0 Å². The molecule has 104 valence electrons. The molecule has 1 aromatic heterocycles. The van der Waals surface area contributed by atoms with E-state index in [1.807, 2.05) is 29.6 Å². The number of halogens is 1. The number of amides is 1. The van der Waals surface area contributed by atoms with E-state index in [9.17, 15) is 4.79 Å². The second-order valence-corrected chi connectivity index (χ2v) is 6.22. The Kier molecular flexibility index (Phi) is 3.44. The van der Waals surface area contributed by atoms with Crippen LogP contribution in [0.2, 0.25) is 5.02 Å². The van der Waals surface area contributed by atoms with Crippen LogP contribution in [0.3, 0.4) is 0 Å². The van der Waals surface area contributed by atoms with Crippen molar-refractivity contribution in [2.75, 3.05) is 7.11 Å². The van der Waals surface area contributed by atoms with Crippen molar-refractivity contribution >= 4 is 28.8 Å². The Labute approximate surface area is 126 Å². The minimum absolute atomic E-state index is 0.0886. The lowest BCUT2D eigenvalue weighted by Gasteiger charge is -2.18. The molecule has 3 rings (SSSR count). The fourth-order valence-corrected chi connectivity index (χ4v) is 3.24. The summed E-state index contributed by atoms with van der Waals surface area (Å²) in [5.41, 5.74) is 0.797. The number of rotatable bonds is 4. The summed E-state index contributed by atoms with van der Waals surface area (Å²) >= 11 is 7.42. The monoisotopic (exact) mass is 307 g/mol. The van der Waals surface area contributed by atoms with Crippen LogP contribution in [0.25, 0.3) is 0 Å². The maximum atomic E-state index is 12.4. The van der Waals surface area contributed by atoms with Crippen LogP contribution in [0.5, 0.6) is 5.75 Å². The van der Waals surface area contributed by atoms with Crippen molar-refractivity contribution in [3.63, 3.8) is 0 Å². The zero-order valence-corrected chi connectivity index (χ0v) is 12.6. The number of carbonyl (C=O) groups excluding carboxylic acids is 1. The van der Waals surface area contributed by atoms with Gasteiger partial charge in [-0.25, -0.2) is 0 Å². The molecule has 1 amide bonds. The highest BCUT2D eigenvalue weighted by Crippen LogP contribution is 2.46. The molecule has 2 aromatic rings. The summed E-state index contributed by atoms with van der Waals surface area (Å²) in [6, 6.07) is 9.48. The van der Waals surface area contributed by atoms with Gasteiger partial charge < -0.3 is 10.1 Å². The third-order valence-corrected chi connectivity index (χ3v) is 4.66. The van der Waals surface area contributed by atoms with Gasteiger partial charge in [0, 0.05) is 5.02 Å². The Bertz CT molecular complexity index is 649. The lowest BCUT2D eigenvalue weighted by Crippen LogP contribution is -2.34. The molecular formula is C15H14ClNO2S. The molecule has 0 spiro atoms. The summed E-state index contributed by atoms with van der Waals surface area (Å²) in [6.07, 6.45) is 1.87. The van der Waals surface area contributed by atoms with Crippen LogP contribution in [0.15, 0.2) is 35.7 Å². The molecule has 1 N–H and O–H groups in total. The van der Waals surface area contributed by atoms with Crippen molar-refractivity contribution in [2.45, 2.75) is 18.4 Å². The van der Waals surface area contributed by atoms with Crippen LogP contribution < -0.4 is 10.1 Å². The Morgan fingerprint density at radius 2 is 2.20 bits per heavy atom. The average Bonchev–Trinajstić information content (AvgIpc) is 3.06. The van der Waals surface area contributed by atoms with Gasteiger partial charge in [-0.2, -0.15) is 0 Å². The second kappa shape index (κ2) is 5.11. The van der Waals surface area contributed by atoms with Crippen molar-refractivity contribution in [3.05, 3.63) is 51.2 Å². The van der Waals surface area contributed by atoms with Crippen molar-refractivity contribution in [2.24, 2.45) is 0 Å². The van der Waals surface area contributed by atoms with E-state index in [1.54, 1.807) is 13.2 Å². The first-order valence-corrected chi connectivity index (χ1v) is 7.60. The minimum Gasteiger partial charge on any atom is -0.495 e. The quantitative estimate of drug-likeness (QED) is 0.932. The maximum absolute atomic E-state index is 12.4. The molecular weight excluding hydrogens is 294 g/mol. The van der Waals surface area contributed by atoms with E-state index in [1.165, 1.54) is 11.3 Å². The van der Waals surface area contributed by atoms with Gasteiger partial charge in [-0.3, -0.25) is 4.79 Å². The normalized spacial score (nSPS) is 15.7. The molecule has 20 heavy (non-hydrogen) atoms.